The zero-order valence-electron chi connectivity index (χ0n) is 12.8. The predicted molar refractivity (Wildman–Crippen MR) is 83.4 cm³/mol. The minimum Gasteiger partial charge on any atom is -0.435 e. The van der Waals surface area contributed by atoms with Gasteiger partial charge in [-0.15, -0.1) is 0 Å². The number of amides is 2. The average molecular weight is 338 g/mol. The maximum absolute atomic E-state index is 13.4. The number of nitrogens with one attached hydrogen (secondary N) is 2. The lowest BCUT2D eigenvalue weighted by atomic mass is 10.1. The molecule has 0 aliphatic carbocycles. The van der Waals surface area contributed by atoms with E-state index in [4.69, 9.17) is 0 Å². The van der Waals surface area contributed by atoms with E-state index in [9.17, 15) is 18.0 Å². The molecule has 0 fully saturated rings. The van der Waals surface area contributed by atoms with Gasteiger partial charge in [-0.25, -0.2) is 9.18 Å². The normalized spacial score (nSPS) is 10.5. The van der Waals surface area contributed by atoms with E-state index < -0.39 is 12.6 Å². The van der Waals surface area contributed by atoms with Gasteiger partial charge in [0.2, 0.25) is 0 Å². The quantitative estimate of drug-likeness (QED) is 0.812. The number of benzene rings is 2. The van der Waals surface area contributed by atoms with Crippen LogP contribution in [-0.4, -0.2) is 19.2 Å². The molecule has 0 aliphatic heterocycles. The fraction of sp³-hybridized carbons (Fsp3) is 0.235. The number of alkyl halides is 2. The molecule has 0 aromatic heterocycles. The van der Waals surface area contributed by atoms with Crippen LogP contribution in [0.1, 0.15) is 11.1 Å². The second kappa shape index (κ2) is 8.81. The van der Waals surface area contributed by atoms with Gasteiger partial charge >= 0.3 is 12.6 Å². The molecule has 0 spiro atoms. The van der Waals surface area contributed by atoms with E-state index in [1.165, 1.54) is 18.2 Å². The van der Waals surface area contributed by atoms with Crippen LogP contribution in [0.4, 0.5) is 18.0 Å². The molecule has 0 atom stereocenters. The number of hydrogen-bond acceptors (Lipinski definition) is 2. The second-order valence-electron chi connectivity index (χ2n) is 4.98. The van der Waals surface area contributed by atoms with E-state index in [0.29, 0.717) is 17.5 Å². The van der Waals surface area contributed by atoms with Gasteiger partial charge in [0.1, 0.15) is 11.6 Å². The van der Waals surface area contributed by atoms with Crippen LogP contribution in [0, 0.1) is 5.82 Å². The first kappa shape index (κ1) is 17.7. The van der Waals surface area contributed by atoms with Crippen LogP contribution in [-0.2, 0) is 13.0 Å². The predicted octanol–water partition coefficient (Wildman–Crippen LogP) is 3.47. The molecule has 2 aromatic rings. The SMILES string of the molecule is O=C(NCCc1ccccc1F)NCc1cccc(OC(F)F)c1. The van der Waals surface area contributed by atoms with Gasteiger partial charge in [-0.2, -0.15) is 8.78 Å². The van der Waals surface area contributed by atoms with E-state index in [2.05, 4.69) is 15.4 Å². The van der Waals surface area contributed by atoms with Crippen molar-refractivity contribution >= 4 is 6.03 Å². The number of carbonyl (C=O) groups is 1. The highest BCUT2D eigenvalue weighted by molar-refractivity contribution is 5.73. The van der Waals surface area contributed by atoms with Crippen LogP contribution in [0.25, 0.3) is 0 Å². The van der Waals surface area contributed by atoms with Crippen LogP contribution < -0.4 is 15.4 Å². The number of carbonyl (C=O) groups excluding carboxylic acids is 1. The van der Waals surface area contributed by atoms with Gasteiger partial charge in [0.25, 0.3) is 0 Å². The molecule has 2 N–H and O–H groups in total. The highest BCUT2D eigenvalue weighted by Crippen LogP contribution is 2.15. The van der Waals surface area contributed by atoms with Crippen LogP contribution >= 0.6 is 0 Å². The maximum Gasteiger partial charge on any atom is 0.387 e. The van der Waals surface area contributed by atoms with Crippen molar-refractivity contribution in [2.24, 2.45) is 0 Å². The average Bonchev–Trinajstić information content (AvgIpc) is 2.54. The summed E-state index contributed by atoms with van der Waals surface area (Å²) in [7, 11) is 0. The lowest BCUT2D eigenvalue weighted by Gasteiger charge is -2.09. The number of hydrogen-bond donors (Lipinski definition) is 2. The highest BCUT2D eigenvalue weighted by atomic mass is 19.3. The van der Waals surface area contributed by atoms with E-state index in [-0.39, 0.29) is 24.7 Å². The smallest absolute Gasteiger partial charge is 0.387 e. The molecular weight excluding hydrogens is 321 g/mol. The minimum atomic E-state index is -2.89. The first-order valence-electron chi connectivity index (χ1n) is 7.33. The first-order chi connectivity index (χ1) is 11.5. The molecule has 2 aromatic carbocycles. The third-order valence-electron chi connectivity index (χ3n) is 3.21. The molecule has 0 radical (unpaired) electrons. The Bertz CT molecular complexity index is 680. The van der Waals surface area contributed by atoms with Gasteiger partial charge in [-0.3, -0.25) is 0 Å². The molecule has 4 nitrogen and oxygen atoms in total. The van der Waals surface area contributed by atoms with Gasteiger partial charge < -0.3 is 15.4 Å². The summed E-state index contributed by atoms with van der Waals surface area (Å²) < 4.78 is 42.0. The van der Waals surface area contributed by atoms with Crippen molar-refractivity contribution in [3.05, 3.63) is 65.5 Å². The molecule has 0 unspecified atom stereocenters. The molecular formula is C17H17F3N2O2. The molecule has 7 heteroatoms. The molecule has 128 valence electrons. The number of rotatable bonds is 7. The van der Waals surface area contributed by atoms with Gasteiger partial charge in [-0.1, -0.05) is 30.3 Å². The molecule has 2 rings (SSSR count). The zero-order valence-corrected chi connectivity index (χ0v) is 12.8. The van der Waals surface area contributed by atoms with Crippen LogP contribution in [0.15, 0.2) is 48.5 Å². The van der Waals surface area contributed by atoms with E-state index in [0.717, 1.165) is 0 Å². The summed E-state index contributed by atoms with van der Waals surface area (Å²) in [6, 6.07) is 12.0. The van der Waals surface area contributed by atoms with E-state index >= 15 is 0 Å². The van der Waals surface area contributed by atoms with Crippen molar-refractivity contribution in [1.82, 2.24) is 10.6 Å². The number of urea groups is 1. The topological polar surface area (TPSA) is 50.4 Å². The first-order valence-corrected chi connectivity index (χ1v) is 7.33. The second-order valence-corrected chi connectivity index (χ2v) is 4.98. The highest BCUT2D eigenvalue weighted by Gasteiger charge is 2.06. The number of ether oxygens (including phenoxy) is 1. The summed E-state index contributed by atoms with van der Waals surface area (Å²) in [5.74, 6) is -0.278. The molecule has 0 saturated heterocycles. The van der Waals surface area contributed by atoms with Crippen molar-refractivity contribution < 1.29 is 22.7 Å². The maximum atomic E-state index is 13.4. The van der Waals surface area contributed by atoms with E-state index in [1.807, 2.05) is 0 Å². The van der Waals surface area contributed by atoms with Crippen LogP contribution in [0.2, 0.25) is 0 Å². The lowest BCUT2D eigenvalue weighted by Crippen LogP contribution is -2.36. The van der Waals surface area contributed by atoms with Crippen molar-refractivity contribution in [1.29, 1.82) is 0 Å². The van der Waals surface area contributed by atoms with Crippen molar-refractivity contribution in [3.8, 4) is 5.75 Å². The standard InChI is InChI=1S/C17H17F3N2O2/c18-15-7-2-1-5-13(15)8-9-21-17(23)22-11-12-4-3-6-14(10-12)24-16(19)20/h1-7,10,16H,8-9,11H2,(H2,21,22,23). The Hall–Kier alpha value is -2.70. The Labute approximate surface area is 137 Å². The van der Waals surface area contributed by atoms with Crippen LogP contribution in [0.3, 0.4) is 0 Å². The Morgan fingerprint density at radius 1 is 1.08 bits per heavy atom. The summed E-state index contributed by atoms with van der Waals surface area (Å²) in [6.07, 6.45) is 0.373. The van der Waals surface area contributed by atoms with Gasteiger partial charge in [0.05, 0.1) is 0 Å². The Morgan fingerprint density at radius 2 is 1.88 bits per heavy atom. The van der Waals surface area contributed by atoms with Crippen molar-refractivity contribution in [2.45, 2.75) is 19.6 Å². The third-order valence-corrected chi connectivity index (χ3v) is 3.21. The molecule has 24 heavy (non-hydrogen) atoms. The lowest BCUT2D eigenvalue weighted by molar-refractivity contribution is -0.0498. The summed E-state index contributed by atoms with van der Waals surface area (Å²) in [6.45, 7) is -2.46. The van der Waals surface area contributed by atoms with Gasteiger partial charge in [0, 0.05) is 13.1 Å². The van der Waals surface area contributed by atoms with Crippen molar-refractivity contribution in [3.63, 3.8) is 0 Å². The Kier molecular flexibility index (Phi) is 6.48. The zero-order chi connectivity index (χ0) is 17.4. The molecule has 2 amide bonds. The fourth-order valence-electron chi connectivity index (χ4n) is 2.09. The van der Waals surface area contributed by atoms with E-state index in [1.54, 1.807) is 30.3 Å². The fourth-order valence-corrected chi connectivity index (χ4v) is 2.09. The molecule has 0 heterocycles. The monoisotopic (exact) mass is 338 g/mol. The molecule has 0 saturated carbocycles. The Morgan fingerprint density at radius 3 is 2.62 bits per heavy atom. The third kappa shape index (κ3) is 5.83. The summed E-state index contributed by atoms with van der Waals surface area (Å²) in [5.41, 5.74) is 1.15. The van der Waals surface area contributed by atoms with Crippen LogP contribution in [0.5, 0.6) is 5.75 Å². The minimum absolute atomic E-state index is 0.0317. The van der Waals surface area contributed by atoms with Crippen molar-refractivity contribution in [2.75, 3.05) is 6.54 Å². The number of halogens is 3. The summed E-state index contributed by atoms with van der Waals surface area (Å²) in [4.78, 5) is 11.7. The molecule has 0 aliphatic rings. The largest absolute Gasteiger partial charge is 0.435 e. The summed E-state index contributed by atoms with van der Waals surface area (Å²) >= 11 is 0. The Balaban J connectivity index is 1.74. The molecule has 0 bridgehead atoms. The summed E-state index contributed by atoms with van der Waals surface area (Å²) in [5, 5.41) is 5.20. The van der Waals surface area contributed by atoms with Gasteiger partial charge in [0.15, 0.2) is 0 Å². The van der Waals surface area contributed by atoms with Gasteiger partial charge in [-0.05, 0) is 35.7 Å².